The van der Waals surface area contributed by atoms with Gasteiger partial charge in [-0.3, -0.25) is 19.3 Å². The minimum Gasteiger partial charge on any atom is -0.496 e. The van der Waals surface area contributed by atoms with Gasteiger partial charge in [0.15, 0.2) is 0 Å². The summed E-state index contributed by atoms with van der Waals surface area (Å²) in [5.41, 5.74) is 0.961. The third kappa shape index (κ3) is 6.25. The van der Waals surface area contributed by atoms with E-state index in [-0.39, 0.29) is 37.2 Å². The van der Waals surface area contributed by atoms with Crippen molar-refractivity contribution in [3.05, 3.63) is 29.8 Å². The van der Waals surface area contributed by atoms with E-state index in [0.717, 1.165) is 11.3 Å². The minimum absolute atomic E-state index is 0.0316. The number of esters is 1. The summed E-state index contributed by atoms with van der Waals surface area (Å²) in [4.78, 5) is 37.8. The van der Waals surface area contributed by atoms with Crippen molar-refractivity contribution in [2.45, 2.75) is 32.4 Å². The Kier molecular flexibility index (Phi) is 8.06. The molecular formula is C19H27N3O5. The molecule has 1 aromatic carbocycles. The van der Waals surface area contributed by atoms with E-state index in [1.807, 2.05) is 29.2 Å². The van der Waals surface area contributed by atoms with E-state index >= 15 is 0 Å². The highest BCUT2D eigenvalue weighted by Crippen LogP contribution is 2.21. The average molecular weight is 377 g/mol. The highest BCUT2D eigenvalue weighted by atomic mass is 16.5. The number of ether oxygens (including phenoxy) is 2. The molecule has 1 atom stereocenters. The molecule has 2 N–H and O–H groups in total. The van der Waals surface area contributed by atoms with Gasteiger partial charge in [0, 0.05) is 31.7 Å². The third-order valence-corrected chi connectivity index (χ3v) is 4.34. The lowest BCUT2D eigenvalue weighted by atomic mass is 10.1. The summed E-state index contributed by atoms with van der Waals surface area (Å²) < 4.78 is 10.2. The van der Waals surface area contributed by atoms with Crippen LogP contribution < -0.4 is 15.4 Å². The van der Waals surface area contributed by atoms with E-state index in [2.05, 4.69) is 10.6 Å². The van der Waals surface area contributed by atoms with E-state index in [4.69, 9.17) is 9.47 Å². The van der Waals surface area contributed by atoms with E-state index < -0.39 is 6.04 Å². The van der Waals surface area contributed by atoms with Crippen LogP contribution in [-0.2, 0) is 25.7 Å². The van der Waals surface area contributed by atoms with Crippen molar-refractivity contribution in [1.29, 1.82) is 0 Å². The van der Waals surface area contributed by atoms with Crippen LogP contribution in [0.1, 0.15) is 25.3 Å². The number of hydrogen-bond acceptors (Lipinski definition) is 6. The number of nitrogens with zero attached hydrogens (tertiary/aromatic N) is 1. The monoisotopic (exact) mass is 377 g/mol. The molecule has 148 valence electrons. The number of carbonyl (C=O) groups excluding carboxylic acids is 3. The van der Waals surface area contributed by atoms with Crippen LogP contribution in [0.15, 0.2) is 24.3 Å². The molecule has 0 aromatic heterocycles. The predicted molar refractivity (Wildman–Crippen MR) is 99.1 cm³/mol. The lowest BCUT2D eigenvalue weighted by molar-refractivity contribution is -0.143. The lowest BCUT2D eigenvalue weighted by Crippen LogP contribution is -2.56. The number of piperazine rings is 1. The number of rotatable bonds is 9. The topological polar surface area (TPSA) is 97.0 Å². The zero-order valence-corrected chi connectivity index (χ0v) is 15.8. The molecular weight excluding hydrogens is 350 g/mol. The van der Waals surface area contributed by atoms with Gasteiger partial charge in [-0.2, -0.15) is 0 Å². The second-order valence-electron chi connectivity index (χ2n) is 6.20. The quantitative estimate of drug-likeness (QED) is 0.607. The highest BCUT2D eigenvalue weighted by Gasteiger charge is 2.32. The fourth-order valence-corrected chi connectivity index (χ4v) is 3.01. The fraction of sp³-hybridized carbons (Fsp3) is 0.526. The standard InChI is InChI=1S/C19H27N3O5/c1-3-27-18(24)8-9-20-17(23)12-15-19(25)21-10-11-22(15)13-14-6-4-5-7-16(14)26-2/h4-7,15H,3,8-13H2,1-2H3,(H,20,23)(H,21,25). The van der Waals surface area contributed by atoms with Gasteiger partial charge >= 0.3 is 5.97 Å². The van der Waals surface area contributed by atoms with E-state index in [1.165, 1.54) is 0 Å². The molecule has 0 saturated carbocycles. The van der Waals surface area contributed by atoms with Crippen LogP contribution in [-0.4, -0.2) is 62.1 Å². The van der Waals surface area contributed by atoms with E-state index in [1.54, 1.807) is 14.0 Å². The second kappa shape index (κ2) is 10.5. The average Bonchev–Trinajstić information content (AvgIpc) is 2.65. The maximum absolute atomic E-state index is 12.3. The first kappa shape index (κ1) is 20.7. The zero-order chi connectivity index (χ0) is 19.6. The van der Waals surface area contributed by atoms with Crippen LogP contribution in [0.4, 0.5) is 0 Å². The van der Waals surface area contributed by atoms with Crippen molar-refractivity contribution in [2.24, 2.45) is 0 Å². The molecule has 1 aliphatic heterocycles. The fourth-order valence-electron chi connectivity index (χ4n) is 3.01. The molecule has 8 heteroatoms. The highest BCUT2D eigenvalue weighted by molar-refractivity contribution is 5.89. The van der Waals surface area contributed by atoms with Crippen LogP contribution in [0.5, 0.6) is 5.75 Å². The molecule has 1 saturated heterocycles. The molecule has 1 fully saturated rings. The Morgan fingerprint density at radius 1 is 1.33 bits per heavy atom. The lowest BCUT2D eigenvalue weighted by Gasteiger charge is -2.35. The van der Waals surface area contributed by atoms with Crippen molar-refractivity contribution in [1.82, 2.24) is 15.5 Å². The molecule has 1 heterocycles. The van der Waals surface area contributed by atoms with Gasteiger partial charge in [0.25, 0.3) is 0 Å². The van der Waals surface area contributed by atoms with E-state index in [9.17, 15) is 14.4 Å². The van der Waals surface area contributed by atoms with Gasteiger partial charge in [0.05, 0.1) is 32.6 Å². The third-order valence-electron chi connectivity index (χ3n) is 4.34. The molecule has 0 radical (unpaired) electrons. The summed E-state index contributed by atoms with van der Waals surface area (Å²) in [6.07, 6.45) is 0.144. The normalized spacial score (nSPS) is 17.1. The van der Waals surface area contributed by atoms with Crippen molar-refractivity contribution < 1.29 is 23.9 Å². The Balaban J connectivity index is 1.94. The van der Waals surface area contributed by atoms with Gasteiger partial charge in [0.2, 0.25) is 11.8 Å². The van der Waals surface area contributed by atoms with Gasteiger partial charge < -0.3 is 20.1 Å². The molecule has 0 bridgehead atoms. The van der Waals surface area contributed by atoms with Gasteiger partial charge in [-0.25, -0.2) is 0 Å². The largest absolute Gasteiger partial charge is 0.496 e. The number of hydrogen-bond donors (Lipinski definition) is 2. The summed E-state index contributed by atoms with van der Waals surface area (Å²) in [6, 6.07) is 7.06. The summed E-state index contributed by atoms with van der Waals surface area (Å²) in [5.74, 6) is -0.0461. The number of benzene rings is 1. The van der Waals surface area contributed by atoms with Crippen molar-refractivity contribution in [3.63, 3.8) is 0 Å². The van der Waals surface area contributed by atoms with Crippen molar-refractivity contribution >= 4 is 17.8 Å². The number of nitrogens with one attached hydrogen (secondary N) is 2. The molecule has 1 unspecified atom stereocenters. The van der Waals surface area contributed by atoms with Crippen LogP contribution in [0.3, 0.4) is 0 Å². The maximum Gasteiger partial charge on any atom is 0.307 e. The molecule has 0 aliphatic carbocycles. The van der Waals surface area contributed by atoms with Gasteiger partial charge in [-0.05, 0) is 13.0 Å². The number of amides is 2. The molecule has 2 rings (SSSR count). The molecule has 2 amide bonds. The Hall–Kier alpha value is -2.61. The first-order chi connectivity index (χ1) is 13.0. The number of para-hydroxylation sites is 1. The van der Waals surface area contributed by atoms with Crippen LogP contribution in [0.2, 0.25) is 0 Å². The Labute approximate surface area is 159 Å². The van der Waals surface area contributed by atoms with E-state index in [0.29, 0.717) is 26.2 Å². The summed E-state index contributed by atoms with van der Waals surface area (Å²) in [6.45, 7) is 3.93. The van der Waals surface area contributed by atoms with Crippen molar-refractivity contribution in [2.75, 3.05) is 33.4 Å². The molecule has 27 heavy (non-hydrogen) atoms. The molecule has 1 aliphatic rings. The van der Waals surface area contributed by atoms with Gasteiger partial charge in [-0.1, -0.05) is 18.2 Å². The molecule has 1 aromatic rings. The number of methoxy groups -OCH3 is 1. The van der Waals surface area contributed by atoms with Crippen LogP contribution in [0, 0.1) is 0 Å². The summed E-state index contributed by atoms with van der Waals surface area (Å²) in [7, 11) is 1.61. The van der Waals surface area contributed by atoms with Gasteiger partial charge in [-0.15, -0.1) is 0 Å². The van der Waals surface area contributed by atoms with Crippen molar-refractivity contribution in [3.8, 4) is 5.75 Å². The van der Waals surface area contributed by atoms with Crippen LogP contribution in [0.25, 0.3) is 0 Å². The smallest absolute Gasteiger partial charge is 0.307 e. The Bertz CT molecular complexity index is 665. The molecule has 0 spiro atoms. The first-order valence-corrected chi connectivity index (χ1v) is 9.11. The van der Waals surface area contributed by atoms with Gasteiger partial charge in [0.1, 0.15) is 5.75 Å². The minimum atomic E-state index is -0.564. The Morgan fingerprint density at radius 2 is 2.11 bits per heavy atom. The number of carbonyl (C=O) groups is 3. The SMILES string of the molecule is CCOC(=O)CCNC(=O)CC1C(=O)NCCN1Cc1ccccc1OC. The summed E-state index contributed by atoms with van der Waals surface area (Å²) >= 11 is 0. The first-order valence-electron chi connectivity index (χ1n) is 9.11. The second-order valence-corrected chi connectivity index (χ2v) is 6.20. The summed E-state index contributed by atoms with van der Waals surface area (Å²) in [5, 5.41) is 5.48. The maximum atomic E-state index is 12.3. The van der Waals surface area contributed by atoms with Crippen LogP contribution >= 0.6 is 0 Å². The molecule has 8 nitrogen and oxygen atoms in total. The zero-order valence-electron chi connectivity index (χ0n) is 15.8. The Morgan fingerprint density at radius 3 is 2.85 bits per heavy atom. The predicted octanol–water partition coefficient (Wildman–Crippen LogP) is 0.455.